The highest BCUT2D eigenvalue weighted by molar-refractivity contribution is 5.94. The zero-order valence-electron chi connectivity index (χ0n) is 15.5. The quantitative estimate of drug-likeness (QED) is 0.835. The zero-order valence-corrected chi connectivity index (χ0v) is 15.5. The molecular formula is C21H25FN3O2+. The predicted octanol–water partition coefficient (Wildman–Crippen LogP) is 1.37. The standard InChI is InChI=1S/C21H24FN3O2/c1-2-16-7-3-6-10-19(16)23-20(26)15-24-11-13-25(14-12-24)21(27)17-8-4-5-9-18(17)22/h3-10H,2,11-15H2,1H3,(H,23,26)/p+1. The van der Waals surface area contributed by atoms with Crippen molar-refractivity contribution >= 4 is 17.5 Å². The van der Waals surface area contributed by atoms with Gasteiger partial charge in [0.15, 0.2) is 6.54 Å². The van der Waals surface area contributed by atoms with Crippen molar-refractivity contribution in [2.75, 3.05) is 38.0 Å². The minimum atomic E-state index is -0.494. The van der Waals surface area contributed by atoms with E-state index in [2.05, 4.69) is 12.2 Å². The lowest BCUT2D eigenvalue weighted by Gasteiger charge is -2.32. The molecule has 3 rings (SSSR count). The van der Waals surface area contributed by atoms with Crippen molar-refractivity contribution in [3.05, 3.63) is 65.5 Å². The van der Waals surface area contributed by atoms with Gasteiger partial charge in [-0.2, -0.15) is 0 Å². The Morgan fingerprint density at radius 2 is 1.74 bits per heavy atom. The van der Waals surface area contributed by atoms with Crippen molar-refractivity contribution in [1.82, 2.24) is 4.90 Å². The smallest absolute Gasteiger partial charge is 0.279 e. The highest BCUT2D eigenvalue weighted by Crippen LogP contribution is 2.15. The third kappa shape index (κ3) is 4.71. The number of para-hydroxylation sites is 1. The van der Waals surface area contributed by atoms with E-state index in [4.69, 9.17) is 0 Å². The van der Waals surface area contributed by atoms with Crippen LogP contribution in [0.5, 0.6) is 0 Å². The number of carbonyl (C=O) groups excluding carboxylic acids is 2. The third-order valence-electron chi connectivity index (χ3n) is 4.94. The largest absolute Gasteiger partial charge is 0.327 e. The minimum absolute atomic E-state index is 0.0280. The van der Waals surface area contributed by atoms with Gasteiger partial charge in [0.25, 0.3) is 11.8 Å². The lowest BCUT2D eigenvalue weighted by molar-refractivity contribution is -0.895. The third-order valence-corrected chi connectivity index (χ3v) is 4.94. The molecule has 0 saturated carbocycles. The molecule has 1 heterocycles. The number of halogens is 1. The second-order valence-electron chi connectivity index (χ2n) is 6.76. The number of aryl methyl sites for hydroxylation is 1. The molecule has 5 nitrogen and oxygen atoms in total. The molecule has 1 aliphatic heterocycles. The molecule has 1 aliphatic rings. The van der Waals surface area contributed by atoms with Gasteiger partial charge in [0.05, 0.1) is 31.7 Å². The van der Waals surface area contributed by atoms with Crippen LogP contribution >= 0.6 is 0 Å². The summed E-state index contributed by atoms with van der Waals surface area (Å²) < 4.78 is 13.8. The summed E-state index contributed by atoms with van der Waals surface area (Å²) in [4.78, 5) is 27.6. The highest BCUT2D eigenvalue weighted by Gasteiger charge is 2.27. The first-order valence-electron chi connectivity index (χ1n) is 9.33. The van der Waals surface area contributed by atoms with Crippen LogP contribution in [0.1, 0.15) is 22.8 Å². The SMILES string of the molecule is CCc1ccccc1NC(=O)C[NH+]1CCN(C(=O)c2ccccc2F)CC1. The van der Waals surface area contributed by atoms with Gasteiger partial charge in [-0.15, -0.1) is 0 Å². The first-order chi connectivity index (χ1) is 13.1. The Morgan fingerprint density at radius 1 is 1.07 bits per heavy atom. The summed E-state index contributed by atoms with van der Waals surface area (Å²) in [6, 6.07) is 13.8. The number of nitrogens with one attached hydrogen (secondary N) is 2. The van der Waals surface area contributed by atoms with E-state index in [1.165, 1.54) is 12.1 Å². The molecule has 0 atom stereocenters. The van der Waals surface area contributed by atoms with Crippen molar-refractivity contribution in [1.29, 1.82) is 0 Å². The van der Waals surface area contributed by atoms with Crippen molar-refractivity contribution in [2.45, 2.75) is 13.3 Å². The molecule has 1 saturated heterocycles. The monoisotopic (exact) mass is 370 g/mol. The van der Waals surface area contributed by atoms with Crippen LogP contribution in [-0.4, -0.2) is 49.4 Å². The van der Waals surface area contributed by atoms with Gasteiger partial charge in [-0.25, -0.2) is 4.39 Å². The fourth-order valence-corrected chi connectivity index (χ4v) is 3.38. The second-order valence-corrected chi connectivity index (χ2v) is 6.76. The number of hydrogen-bond acceptors (Lipinski definition) is 2. The van der Waals surface area contributed by atoms with Gasteiger partial charge in [-0.3, -0.25) is 9.59 Å². The molecule has 1 fully saturated rings. The highest BCUT2D eigenvalue weighted by atomic mass is 19.1. The van der Waals surface area contributed by atoms with Gasteiger partial charge in [0.1, 0.15) is 5.82 Å². The molecule has 0 radical (unpaired) electrons. The van der Waals surface area contributed by atoms with Crippen molar-refractivity contribution in [3.63, 3.8) is 0 Å². The first kappa shape index (κ1) is 19.0. The minimum Gasteiger partial charge on any atom is -0.327 e. The van der Waals surface area contributed by atoms with Crippen LogP contribution in [0.25, 0.3) is 0 Å². The number of anilines is 1. The van der Waals surface area contributed by atoms with Gasteiger partial charge in [-0.05, 0) is 30.2 Å². The topological polar surface area (TPSA) is 53.9 Å². The van der Waals surface area contributed by atoms with Crippen molar-refractivity contribution in [3.8, 4) is 0 Å². The van der Waals surface area contributed by atoms with E-state index in [0.717, 1.165) is 22.6 Å². The summed E-state index contributed by atoms with van der Waals surface area (Å²) in [5.41, 5.74) is 2.08. The van der Waals surface area contributed by atoms with Gasteiger partial charge < -0.3 is 15.1 Å². The maximum absolute atomic E-state index is 13.8. The van der Waals surface area contributed by atoms with Crippen LogP contribution in [0.15, 0.2) is 48.5 Å². The van der Waals surface area contributed by atoms with Gasteiger partial charge in [-0.1, -0.05) is 37.3 Å². The van der Waals surface area contributed by atoms with E-state index in [1.807, 2.05) is 24.3 Å². The van der Waals surface area contributed by atoms with Crippen LogP contribution in [0.2, 0.25) is 0 Å². The Morgan fingerprint density at radius 3 is 2.44 bits per heavy atom. The Labute approximate surface area is 158 Å². The van der Waals surface area contributed by atoms with Crippen LogP contribution in [0.3, 0.4) is 0 Å². The van der Waals surface area contributed by atoms with E-state index >= 15 is 0 Å². The van der Waals surface area contributed by atoms with E-state index in [9.17, 15) is 14.0 Å². The lowest BCUT2D eigenvalue weighted by Crippen LogP contribution is -3.15. The molecule has 6 heteroatoms. The van der Waals surface area contributed by atoms with E-state index < -0.39 is 5.82 Å². The molecule has 0 aromatic heterocycles. The van der Waals surface area contributed by atoms with Crippen molar-refractivity contribution < 1.29 is 18.9 Å². The van der Waals surface area contributed by atoms with Gasteiger partial charge in [0.2, 0.25) is 0 Å². The number of hydrogen-bond donors (Lipinski definition) is 2. The van der Waals surface area contributed by atoms with E-state index in [0.29, 0.717) is 32.7 Å². The Hall–Kier alpha value is -2.73. The maximum Gasteiger partial charge on any atom is 0.279 e. The molecule has 2 N–H and O–H groups in total. The summed E-state index contributed by atoms with van der Waals surface area (Å²) in [7, 11) is 0. The molecule has 2 aromatic carbocycles. The normalized spacial score (nSPS) is 14.8. The van der Waals surface area contributed by atoms with Gasteiger partial charge in [0, 0.05) is 5.69 Å². The second kappa shape index (κ2) is 8.77. The number of amides is 2. The molecule has 0 bridgehead atoms. The number of nitrogens with zero attached hydrogens (tertiary/aromatic N) is 1. The van der Waals surface area contributed by atoms with Crippen LogP contribution < -0.4 is 10.2 Å². The first-order valence-corrected chi connectivity index (χ1v) is 9.33. The molecule has 2 amide bonds. The average molecular weight is 370 g/mol. The van der Waals surface area contributed by atoms with Crippen LogP contribution in [-0.2, 0) is 11.2 Å². The fraction of sp³-hybridized carbons (Fsp3) is 0.333. The summed E-state index contributed by atoms with van der Waals surface area (Å²) in [5, 5.41) is 2.99. The lowest BCUT2D eigenvalue weighted by atomic mass is 10.1. The zero-order chi connectivity index (χ0) is 19.2. The number of piperazine rings is 1. The molecule has 142 valence electrons. The Balaban J connectivity index is 1.51. The Kier molecular flexibility index (Phi) is 6.19. The predicted molar refractivity (Wildman–Crippen MR) is 102 cm³/mol. The van der Waals surface area contributed by atoms with Gasteiger partial charge >= 0.3 is 0 Å². The summed E-state index contributed by atoms with van der Waals surface area (Å²) in [5.74, 6) is -0.806. The number of rotatable bonds is 5. The maximum atomic E-state index is 13.8. The molecular weight excluding hydrogens is 345 g/mol. The summed E-state index contributed by atoms with van der Waals surface area (Å²) in [6.45, 7) is 4.79. The molecule has 27 heavy (non-hydrogen) atoms. The molecule has 0 spiro atoms. The number of carbonyl (C=O) groups is 2. The summed E-state index contributed by atoms with van der Waals surface area (Å²) in [6.07, 6.45) is 0.861. The Bertz CT molecular complexity index is 817. The fourth-order valence-electron chi connectivity index (χ4n) is 3.38. The summed E-state index contributed by atoms with van der Waals surface area (Å²) >= 11 is 0. The number of benzene rings is 2. The molecule has 0 aliphatic carbocycles. The molecule has 2 aromatic rings. The van der Waals surface area contributed by atoms with Crippen LogP contribution in [0.4, 0.5) is 10.1 Å². The number of quaternary nitrogens is 1. The average Bonchev–Trinajstić information content (AvgIpc) is 2.69. The van der Waals surface area contributed by atoms with E-state index in [-0.39, 0.29) is 17.4 Å². The van der Waals surface area contributed by atoms with Crippen LogP contribution in [0, 0.1) is 5.82 Å². The van der Waals surface area contributed by atoms with Crippen molar-refractivity contribution in [2.24, 2.45) is 0 Å². The molecule has 0 unspecified atom stereocenters. The van der Waals surface area contributed by atoms with E-state index in [1.54, 1.807) is 17.0 Å².